The van der Waals surface area contributed by atoms with E-state index in [1.807, 2.05) is 27.0 Å². The van der Waals surface area contributed by atoms with Crippen molar-refractivity contribution in [2.75, 3.05) is 13.6 Å². The van der Waals surface area contributed by atoms with Crippen LogP contribution in [0.1, 0.15) is 35.5 Å². The Kier molecular flexibility index (Phi) is 5.59. The zero-order chi connectivity index (χ0) is 13.5. The summed E-state index contributed by atoms with van der Waals surface area (Å²) in [5.41, 5.74) is 4.08. The summed E-state index contributed by atoms with van der Waals surface area (Å²) in [6.07, 6.45) is 1.77. The van der Waals surface area contributed by atoms with Crippen molar-refractivity contribution in [3.8, 4) is 0 Å². The lowest BCUT2D eigenvalue weighted by atomic mass is 10.1. The number of fused-ring (bicyclic) bond motifs is 1. The summed E-state index contributed by atoms with van der Waals surface area (Å²) >= 11 is 0. The fraction of sp³-hybridized carbons (Fsp3) is 0.400. The van der Waals surface area contributed by atoms with Crippen LogP contribution in [-0.2, 0) is 6.42 Å². The molecule has 0 saturated heterocycles. The van der Waals surface area contributed by atoms with Gasteiger partial charge in [0.1, 0.15) is 0 Å². The molecule has 2 N–H and O–H groups in total. The normalized spacial score (nSPS) is 10.0. The van der Waals surface area contributed by atoms with Crippen molar-refractivity contribution in [3.63, 3.8) is 0 Å². The predicted octanol–water partition coefficient (Wildman–Crippen LogP) is 3.08. The molecule has 18 heavy (non-hydrogen) atoms. The van der Waals surface area contributed by atoms with Gasteiger partial charge >= 0.3 is 0 Å². The van der Waals surface area contributed by atoms with Crippen LogP contribution in [-0.4, -0.2) is 24.9 Å². The molecule has 0 amide bonds. The fourth-order valence-corrected chi connectivity index (χ4v) is 2.00. The van der Waals surface area contributed by atoms with E-state index in [9.17, 15) is 4.79 Å². The molecule has 0 bridgehead atoms. The fourth-order valence-electron chi connectivity index (χ4n) is 2.00. The third kappa shape index (κ3) is 2.99. The van der Waals surface area contributed by atoms with E-state index in [1.165, 1.54) is 5.56 Å². The highest BCUT2D eigenvalue weighted by molar-refractivity contribution is 5.92. The Hall–Kier alpha value is -1.61. The maximum atomic E-state index is 11.0. The van der Waals surface area contributed by atoms with Crippen molar-refractivity contribution in [1.29, 1.82) is 0 Å². The Morgan fingerprint density at radius 3 is 2.67 bits per heavy atom. The number of aromatic nitrogens is 1. The number of likely N-dealkylation sites (N-methyl/N-ethyl adjacent to an activating group) is 1. The van der Waals surface area contributed by atoms with Crippen molar-refractivity contribution in [3.05, 3.63) is 35.0 Å². The van der Waals surface area contributed by atoms with E-state index >= 15 is 0 Å². The number of aromatic amines is 1. The quantitative estimate of drug-likeness (QED) is 0.814. The van der Waals surface area contributed by atoms with Gasteiger partial charge < -0.3 is 10.3 Å². The van der Waals surface area contributed by atoms with Crippen molar-refractivity contribution in [1.82, 2.24) is 10.3 Å². The van der Waals surface area contributed by atoms with Gasteiger partial charge in [-0.25, -0.2) is 0 Å². The van der Waals surface area contributed by atoms with Gasteiger partial charge in [0.25, 0.3) is 0 Å². The monoisotopic (exact) mass is 246 g/mol. The zero-order valence-electron chi connectivity index (χ0n) is 11.6. The number of carbonyl (C=O) groups excluding carboxylic acids is 1. The highest BCUT2D eigenvalue weighted by Crippen LogP contribution is 2.23. The van der Waals surface area contributed by atoms with Crippen molar-refractivity contribution >= 4 is 17.2 Å². The van der Waals surface area contributed by atoms with Crippen molar-refractivity contribution in [2.24, 2.45) is 0 Å². The number of nitrogens with one attached hydrogen (secondary N) is 2. The summed E-state index contributed by atoms with van der Waals surface area (Å²) in [6, 6.07) is 6.21. The van der Waals surface area contributed by atoms with Crippen LogP contribution in [0.15, 0.2) is 18.2 Å². The van der Waals surface area contributed by atoms with Crippen LogP contribution in [0.3, 0.4) is 0 Å². The lowest BCUT2D eigenvalue weighted by Gasteiger charge is -2.00. The van der Waals surface area contributed by atoms with Crippen LogP contribution >= 0.6 is 0 Å². The molecule has 3 heteroatoms. The zero-order valence-corrected chi connectivity index (χ0v) is 11.6. The van der Waals surface area contributed by atoms with Crippen molar-refractivity contribution in [2.45, 2.75) is 27.2 Å². The first kappa shape index (κ1) is 14.5. The third-order valence-electron chi connectivity index (χ3n) is 2.84. The molecule has 98 valence electrons. The molecule has 0 aliphatic heterocycles. The Balaban J connectivity index is 0.000000771. The first-order valence-electron chi connectivity index (χ1n) is 6.47. The van der Waals surface area contributed by atoms with Crippen LogP contribution in [0, 0.1) is 6.92 Å². The van der Waals surface area contributed by atoms with Crippen LogP contribution < -0.4 is 5.32 Å². The third-order valence-corrected chi connectivity index (χ3v) is 2.84. The minimum absolute atomic E-state index is 0.704. The van der Waals surface area contributed by atoms with Crippen LogP contribution in [0.25, 0.3) is 10.9 Å². The van der Waals surface area contributed by atoms with E-state index in [0.717, 1.165) is 35.7 Å². The molecule has 2 aromatic rings. The SMILES string of the molecule is CC.CNCCc1c(C=O)[nH]c2ccc(C)cc12. The highest BCUT2D eigenvalue weighted by atomic mass is 16.1. The molecule has 1 aromatic heterocycles. The van der Waals surface area contributed by atoms with Gasteiger partial charge in [0.15, 0.2) is 6.29 Å². The number of aryl methyl sites for hydroxylation is 1. The Labute approximate surface area is 109 Å². The maximum absolute atomic E-state index is 11.0. The second-order valence-corrected chi connectivity index (χ2v) is 4.04. The molecule has 0 atom stereocenters. The van der Waals surface area contributed by atoms with Gasteiger partial charge in [-0.05, 0) is 44.6 Å². The van der Waals surface area contributed by atoms with E-state index < -0.39 is 0 Å². The topological polar surface area (TPSA) is 44.9 Å². The summed E-state index contributed by atoms with van der Waals surface area (Å²) < 4.78 is 0. The second-order valence-electron chi connectivity index (χ2n) is 4.04. The molecule has 0 unspecified atom stereocenters. The summed E-state index contributed by atoms with van der Waals surface area (Å²) in [5, 5.41) is 4.27. The number of benzene rings is 1. The average Bonchev–Trinajstić information content (AvgIpc) is 2.75. The summed E-state index contributed by atoms with van der Waals surface area (Å²) in [5.74, 6) is 0. The molecule has 0 saturated carbocycles. The molecule has 3 nitrogen and oxygen atoms in total. The lowest BCUT2D eigenvalue weighted by molar-refractivity contribution is 0.111. The van der Waals surface area contributed by atoms with E-state index in [4.69, 9.17) is 0 Å². The van der Waals surface area contributed by atoms with E-state index in [1.54, 1.807) is 0 Å². The first-order chi connectivity index (χ1) is 8.76. The number of aldehydes is 1. The Morgan fingerprint density at radius 2 is 2.06 bits per heavy atom. The van der Waals surface area contributed by atoms with E-state index in [0.29, 0.717) is 5.69 Å². The van der Waals surface area contributed by atoms with Gasteiger partial charge in [0.05, 0.1) is 5.69 Å². The Bertz CT molecular complexity index is 514. The van der Waals surface area contributed by atoms with E-state index in [2.05, 4.69) is 29.4 Å². The number of rotatable bonds is 4. The standard InChI is InChI=1S/C13H16N2O.C2H6/c1-9-3-4-12-11(7-9)10(5-6-14-2)13(8-16)15-12;1-2/h3-4,7-8,14-15H,5-6H2,1-2H3;1-2H3. The predicted molar refractivity (Wildman–Crippen MR) is 77.4 cm³/mol. The molecule has 0 fully saturated rings. The minimum Gasteiger partial charge on any atom is -0.352 e. The first-order valence-corrected chi connectivity index (χ1v) is 6.47. The lowest BCUT2D eigenvalue weighted by Crippen LogP contribution is -2.11. The molecule has 2 rings (SSSR count). The largest absolute Gasteiger partial charge is 0.352 e. The summed E-state index contributed by atoms with van der Waals surface area (Å²) in [6.45, 7) is 6.94. The van der Waals surface area contributed by atoms with E-state index in [-0.39, 0.29) is 0 Å². The smallest absolute Gasteiger partial charge is 0.166 e. The Morgan fingerprint density at radius 1 is 1.33 bits per heavy atom. The van der Waals surface area contributed by atoms with Crippen molar-refractivity contribution < 1.29 is 4.79 Å². The number of H-pyrrole nitrogens is 1. The second kappa shape index (κ2) is 6.97. The highest BCUT2D eigenvalue weighted by Gasteiger charge is 2.10. The molecule has 0 radical (unpaired) electrons. The van der Waals surface area contributed by atoms with Gasteiger partial charge in [-0.3, -0.25) is 4.79 Å². The summed E-state index contributed by atoms with van der Waals surface area (Å²) in [4.78, 5) is 14.1. The number of hydrogen-bond donors (Lipinski definition) is 2. The maximum Gasteiger partial charge on any atom is 0.166 e. The molecular formula is C15H22N2O. The summed E-state index contributed by atoms with van der Waals surface area (Å²) in [7, 11) is 1.92. The number of hydrogen-bond acceptors (Lipinski definition) is 2. The molecule has 1 heterocycles. The van der Waals surface area contributed by atoms with Gasteiger partial charge in [-0.2, -0.15) is 0 Å². The minimum atomic E-state index is 0.704. The van der Waals surface area contributed by atoms with Gasteiger partial charge in [-0.1, -0.05) is 25.5 Å². The van der Waals surface area contributed by atoms with Crippen LogP contribution in [0.5, 0.6) is 0 Å². The van der Waals surface area contributed by atoms with Gasteiger partial charge in [-0.15, -0.1) is 0 Å². The number of carbonyl (C=O) groups is 1. The molecular weight excluding hydrogens is 224 g/mol. The molecule has 1 aromatic carbocycles. The van der Waals surface area contributed by atoms with Gasteiger partial charge in [0.2, 0.25) is 0 Å². The van der Waals surface area contributed by atoms with Crippen LogP contribution in [0.4, 0.5) is 0 Å². The molecule has 0 aliphatic rings. The van der Waals surface area contributed by atoms with Gasteiger partial charge in [0, 0.05) is 10.9 Å². The molecule has 0 spiro atoms. The molecule has 0 aliphatic carbocycles. The average molecular weight is 246 g/mol. The van der Waals surface area contributed by atoms with Crippen LogP contribution in [0.2, 0.25) is 0 Å².